The minimum atomic E-state index is -1.03. The predicted molar refractivity (Wildman–Crippen MR) is 67.0 cm³/mol. The van der Waals surface area contributed by atoms with Gasteiger partial charge in [-0.2, -0.15) is 0 Å². The second kappa shape index (κ2) is 4.34. The van der Waals surface area contributed by atoms with Crippen LogP contribution >= 0.6 is 0 Å². The predicted octanol–water partition coefficient (Wildman–Crippen LogP) is -0.432. The van der Waals surface area contributed by atoms with Crippen LogP contribution in [0.5, 0.6) is 0 Å². The standard InChI is InChI=1S/C14H25NO3/c1-12(2,11(17)18)9-15-13(3,4)7-10(16)8-14(15,5)6/h7-9H2,1-6H3,(H,17,18). The molecule has 1 N–H and O–H groups in total. The average Bonchev–Trinajstić information content (AvgIpc) is 2.09. The molecule has 0 atom stereocenters. The number of Topliss-reactive ketones (excluding diaryl/α,β-unsaturated/α-hetero) is 1. The Morgan fingerprint density at radius 3 is 1.94 bits per heavy atom. The fourth-order valence-corrected chi connectivity index (χ4v) is 3.17. The van der Waals surface area contributed by atoms with Crippen LogP contribution < -0.4 is 10.0 Å². The molecular formula is C14H25NO3. The molecule has 0 aromatic carbocycles. The van der Waals surface area contributed by atoms with E-state index in [1.165, 1.54) is 4.90 Å². The molecule has 4 nitrogen and oxygen atoms in total. The molecule has 1 fully saturated rings. The van der Waals surface area contributed by atoms with Crippen molar-refractivity contribution in [3.63, 3.8) is 0 Å². The van der Waals surface area contributed by atoms with Crippen LogP contribution in [0, 0.1) is 5.41 Å². The number of carbonyl (C=O) groups excluding carboxylic acids is 2. The zero-order valence-corrected chi connectivity index (χ0v) is 12.3. The van der Waals surface area contributed by atoms with Gasteiger partial charge in [-0.05, 0) is 41.5 Å². The van der Waals surface area contributed by atoms with Crippen molar-refractivity contribution in [3.8, 4) is 0 Å². The number of carbonyl (C=O) groups is 2. The summed E-state index contributed by atoms with van der Waals surface area (Å²) in [6.07, 6.45) is 1.02. The van der Waals surface area contributed by atoms with Gasteiger partial charge in [-0.25, -0.2) is 0 Å². The number of hydrogen-bond donors (Lipinski definition) is 1. The van der Waals surface area contributed by atoms with Gasteiger partial charge >= 0.3 is 0 Å². The van der Waals surface area contributed by atoms with Gasteiger partial charge in [-0.3, -0.25) is 4.79 Å². The Hall–Kier alpha value is -0.900. The number of carboxylic acid groups (broad SMARTS) is 1. The lowest BCUT2D eigenvalue weighted by atomic mass is 9.77. The second-order valence-electron chi connectivity index (χ2n) is 7.49. The number of nitrogens with one attached hydrogen (secondary N) is 1. The molecule has 0 unspecified atom stereocenters. The normalized spacial score (nSPS) is 24.0. The quantitative estimate of drug-likeness (QED) is 0.744. The van der Waals surface area contributed by atoms with Crippen LogP contribution in [0.4, 0.5) is 0 Å². The Labute approximate surface area is 109 Å². The molecule has 1 aliphatic rings. The second-order valence-corrected chi connectivity index (χ2v) is 7.49. The summed E-state index contributed by atoms with van der Waals surface area (Å²) < 4.78 is 0. The molecule has 1 aliphatic heterocycles. The molecule has 1 rings (SSSR count). The van der Waals surface area contributed by atoms with E-state index in [4.69, 9.17) is 0 Å². The maximum absolute atomic E-state index is 11.8. The Morgan fingerprint density at radius 1 is 1.22 bits per heavy atom. The summed E-state index contributed by atoms with van der Waals surface area (Å²) in [7, 11) is 0. The molecule has 1 heterocycles. The molecule has 18 heavy (non-hydrogen) atoms. The Balaban J connectivity index is 3.04. The van der Waals surface area contributed by atoms with Gasteiger partial charge in [0.15, 0.2) is 0 Å². The molecule has 0 aliphatic carbocycles. The first-order valence-electron chi connectivity index (χ1n) is 6.48. The number of hydrogen-bond acceptors (Lipinski definition) is 3. The summed E-state index contributed by atoms with van der Waals surface area (Å²) in [6, 6.07) is 0. The van der Waals surface area contributed by atoms with E-state index in [0.29, 0.717) is 19.4 Å². The monoisotopic (exact) mass is 255 g/mol. The van der Waals surface area contributed by atoms with Crippen LogP contribution in [0.2, 0.25) is 0 Å². The first kappa shape index (κ1) is 15.2. The lowest BCUT2D eigenvalue weighted by molar-refractivity contribution is -0.999. The number of carboxylic acids is 1. The molecule has 0 spiro atoms. The lowest BCUT2D eigenvalue weighted by Gasteiger charge is -2.51. The maximum atomic E-state index is 11.8. The van der Waals surface area contributed by atoms with Gasteiger partial charge in [0.1, 0.15) is 5.78 Å². The molecule has 4 heteroatoms. The summed E-state index contributed by atoms with van der Waals surface area (Å²) in [4.78, 5) is 24.2. The van der Waals surface area contributed by atoms with Crippen molar-refractivity contribution in [2.75, 3.05) is 6.54 Å². The van der Waals surface area contributed by atoms with Crippen LogP contribution in [0.1, 0.15) is 54.4 Å². The van der Waals surface area contributed by atoms with E-state index in [0.717, 1.165) is 0 Å². The number of likely N-dealkylation sites (tertiary alicyclic amines) is 1. The topological polar surface area (TPSA) is 61.6 Å². The van der Waals surface area contributed by atoms with Crippen LogP contribution in [0.25, 0.3) is 0 Å². The number of piperidine rings is 1. The van der Waals surface area contributed by atoms with Crippen molar-refractivity contribution in [3.05, 3.63) is 0 Å². The largest absolute Gasteiger partial charge is 0.549 e. The third kappa shape index (κ3) is 2.91. The van der Waals surface area contributed by atoms with Gasteiger partial charge < -0.3 is 14.8 Å². The minimum Gasteiger partial charge on any atom is -0.549 e. The van der Waals surface area contributed by atoms with Gasteiger partial charge in [0.25, 0.3) is 0 Å². The average molecular weight is 255 g/mol. The maximum Gasteiger partial charge on any atom is 0.145 e. The molecule has 0 aromatic heterocycles. The molecule has 0 saturated carbocycles. The molecule has 1 saturated heterocycles. The molecule has 104 valence electrons. The highest BCUT2D eigenvalue weighted by molar-refractivity contribution is 5.81. The SMILES string of the molecule is CC(C)(C[NH+]1C(C)(C)CC(=O)CC1(C)C)C(=O)[O-]. The zero-order valence-electron chi connectivity index (χ0n) is 12.3. The summed E-state index contributed by atoms with van der Waals surface area (Å²) in [5.41, 5.74) is -1.35. The van der Waals surface area contributed by atoms with Gasteiger partial charge in [-0.1, -0.05) is 0 Å². The summed E-state index contributed by atoms with van der Waals surface area (Å²) in [6.45, 7) is 12.0. The van der Waals surface area contributed by atoms with Crippen molar-refractivity contribution in [1.29, 1.82) is 0 Å². The number of quaternary nitrogens is 1. The number of rotatable bonds is 3. The van der Waals surface area contributed by atoms with Crippen LogP contribution in [-0.4, -0.2) is 29.4 Å². The van der Waals surface area contributed by atoms with Gasteiger partial charge in [-0.15, -0.1) is 0 Å². The van der Waals surface area contributed by atoms with Crippen molar-refractivity contribution < 1.29 is 19.6 Å². The van der Waals surface area contributed by atoms with Crippen molar-refractivity contribution in [2.24, 2.45) is 5.41 Å². The first-order valence-corrected chi connectivity index (χ1v) is 6.48. The fraction of sp³-hybridized carbons (Fsp3) is 0.857. The molecule has 0 radical (unpaired) electrons. The molecule has 0 aromatic rings. The molecule has 0 bridgehead atoms. The van der Waals surface area contributed by atoms with Gasteiger partial charge in [0, 0.05) is 0 Å². The van der Waals surface area contributed by atoms with E-state index in [2.05, 4.69) is 0 Å². The minimum absolute atomic E-state index is 0.231. The van der Waals surface area contributed by atoms with Crippen LogP contribution in [-0.2, 0) is 9.59 Å². The van der Waals surface area contributed by atoms with Crippen LogP contribution in [0.15, 0.2) is 0 Å². The van der Waals surface area contributed by atoms with E-state index >= 15 is 0 Å². The third-order valence-electron chi connectivity index (χ3n) is 4.08. The van der Waals surface area contributed by atoms with E-state index in [-0.39, 0.29) is 16.9 Å². The Bertz CT molecular complexity index is 349. The van der Waals surface area contributed by atoms with E-state index in [1.807, 2.05) is 27.7 Å². The van der Waals surface area contributed by atoms with E-state index in [9.17, 15) is 14.7 Å². The van der Waals surface area contributed by atoms with Crippen molar-refractivity contribution in [2.45, 2.75) is 65.5 Å². The first-order chi connectivity index (χ1) is 7.88. The highest BCUT2D eigenvalue weighted by Gasteiger charge is 2.50. The summed E-state index contributed by atoms with van der Waals surface area (Å²) in [5.74, 6) is -0.765. The van der Waals surface area contributed by atoms with E-state index in [1.54, 1.807) is 13.8 Å². The zero-order chi connectivity index (χ0) is 14.4. The van der Waals surface area contributed by atoms with Gasteiger partial charge in [0.2, 0.25) is 0 Å². The summed E-state index contributed by atoms with van der Waals surface area (Å²) in [5, 5.41) is 11.2. The highest BCUT2D eigenvalue weighted by Crippen LogP contribution is 2.23. The van der Waals surface area contributed by atoms with Crippen LogP contribution in [0.3, 0.4) is 0 Å². The highest BCUT2D eigenvalue weighted by atomic mass is 16.4. The van der Waals surface area contributed by atoms with Crippen molar-refractivity contribution in [1.82, 2.24) is 0 Å². The number of ketones is 1. The van der Waals surface area contributed by atoms with Gasteiger partial charge in [0.05, 0.1) is 41.8 Å². The Morgan fingerprint density at radius 2 is 1.61 bits per heavy atom. The molecular weight excluding hydrogens is 230 g/mol. The number of aliphatic carboxylic acids is 1. The Kier molecular flexibility index (Phi) is 3.65. The summed E-state index contributed by atoms with van der Waals surface area (Å²) >= 11 is 0. The smallest absolute Gasteiger partial charge is 0.145 e. The van der Waals surface area contributed by atoms with Crippen molar-refractivity contribution >= 4 is 11.8 Å². The lowest BCUT2D eigenvalue weighted by Crippen LogP contribution is -3.27. The fourth-order valence-electron chi connectivity index (χ4n) is 3.17. The van der Waals surface area contributed by atoms with E-state index < -0.39 is 11.4 Å². The third-order valence-corrected chi connectivity index (χ3v) is 4.08. The molecule has 0 amide bonds.